The summed E-state index contributed by atoms with van der Waals surface area (Å²) in [5, 5.41) is 0. The van der Waals surface area contributed by atoms with Crippen LogP contribution in [0.1, 0.15) is 5.56 Å². The predicted octanol–water partition coefficient (Wildman–Crippen LogP) is 2.32. The summed E-state index contributed by atoms with van der Waals surface area (Å²) in [6.45, 7) is 0. The highest BCUT2D eigenvalue weighted by Crippen LogP contribution is 2.03. The average Bonchev–Trinajstić information content (AvgIpc) is 2.21. The highest BCUT2D eigenvalue weighted by Gasteiger charge is 1.96. The molecule has 13 heavy (non-hydrogen) atoms. The molecule has 0 aliphatic rings. The van der Waals surface area contributed by atoms with Gasteiger partial charge in [-0.05, 0) is 11.6 Å². The van der Waals surface area contributed by atoms with Crippen LogP contribution in [0.4, 0.5) is 0 Å². The molecule has 0 radical (unpaired) electrons. The number of rotatable bonds is 4. The van der Waals surface area contributed by atoms with Gasteiger partial charge in [-0.15, -0.1) is 0 Å². The van der Waals surface area contributed by atoms with Crippen molar-refractivity contribution in [1.82, 2.24) is 0 Å². The normalized spacial score (nSPS) is 11.3. The van der Waals surface area contributed by atoms with E-state index in [9.17, 15) is 0 Å². The van der Waals surface area contributed by atoms with Crippen molar-refractivity contribution in [3.8, 4) is 0 Å². The van der Waals surface area contributed by atoms with Crippen LogP contribution in [-0.2, 0) is 9.47 Å². The van der Waals surface area contributed by atoms with Gasteiger partial charge in [-0.1, -0.05) is 36.4 Å². The molecule has 1 aromatic carbocycles. The van der Waals surface area contributed by atoms with Crippen molar-refractivity contribution in [2.24, 2.45) is 0 Å². The Bertz CT molecular complexity index is 250. The Morgan fingerprint density at radius 1 is 1.08 bits per heavy atom. The Labute approximate surface area is 78.8 Å². The van der Waals surface area contributed by atoms with Crippen LogP contribution in [0.25, 0.3) is 6.08 Å². The van der Waals surface area contributed by atoms with Crippen LogP contribution in [-0.4, -0.2) is 20.5 Å². The first-order valence-corrected chi connectivity index (χ1v) is 4.15. The minimum Gasteiger partial charge on any atom is -0.352 e. The number of methoxy groups -OCH3 is 2. The van der Waals surface area contributed by atoms with Crippen molar-refractivity contribution in [3.05, 3.63) is 42.0 Å². The van der Waals surface area contributed by atoms with E-state index in [0.717, 1.165) is 5.56 Å². The van der Waals surface area contributed by atoms with Gasteiger partial charge >= 0.3 is 0 Å². The van der Waals surface area contributed by atoms with Crippen LogP contribution in [0.15, 0.2) is 36.4 Å². The lowest BCUT2D eigenvalue weighted by molar-refractivity contribution is -0.0660. The minimum atomic E-state index is -0.264. The summed E-state index contributed by atoms with van der Waals surface area (Å²) in [7, 11) is 3.23. The fourth-order valence-corrected chi connectivity index (χ4v) is 1.01. The van der Waals surface area contributed by atoms with Crippen molar-refractivity contribution in [1.29, 1.82) is 0 Å². The van der Waals surface area contributed by atoms with E-state index in [0.29, 0.717) is 0 Å². The molecule has 0 spiro atoms. The molecular formula is C11H14O2. The maximum Gasteiger partial charge on any atom is 0.176 e. The number of hydrogen-bond donors (Lipinski definition) is 0. The Morgan fingerprint density at radius 3 is 2.23 bits per heavy atom. The SMILES string of the molecule is COC(C=Cc1ccccc1)OC. The Morgan fingerprint density at radius 2 is 1.69 bits per heavy atom. The van der Waals surface area contributed by atoms with Gasteiger partial charge in [-0.25, -0.2) is 0 Å². The third-order valence-corrected chi connectivity index (χ3v) is 1.71. The smallest absolute Gasteiger partial charge is 0.176 e. The van der Waals surface area contributed by atoms with Crippen LogP contribution >= 0.6 is 0 Å². The van der Waals surface area contributed by atoms with Crippen LogP contribution in [0.2, 0.25) is 0 Å². The van der Waals surface area contributed by atoms with Gasteiger partial charge in [0.15, 0.2) is 6.29 Å². The quantitative estimate of drug-likeness (QED) is 0.659. The maximum atomic E-state index is 5.01. The summed E-state index contributed by atoms with van der Waals surface area (Å²) >= 11 is 0. The van der Waals surface area contributed by atoms with E-state index in [1.165, 1.54) is 0 Å². The molecule has 1 aromatic rings. The van der Waals surface area contributed by atoms with Crippen molar-refractivity contribution < 1.29 is 9.47 Å². The van der Waals surface area contributed by atoms with Gasteiger partial charge in [0.1, 0.15) is 0 Å². The largest absolute Gasteiger partial charge is 0.352 e. The van der Waals surface area contributed by atoms with E-state index in [4.69, 9.17) is 9.47 Å². The number of hydrogen-bond acceptors (Lipinski definition) is 2. The van der Waals surface area contributed by atoms with Crippen molar-refractivity contribution in [2.45, 2.75) is 6.29 Å². The van der Waals surface area contributed by atoms with Crippen LogP contribution < -0.4 is 0 Å². The summed E-state index contributed by atoms with van der Waals surface area (Å²) in [6, 6.07) is 10.0. The van der Waals surface area contributed by atoms with Crippen LogP contribution in [0.3, 0.4) is 0 Å². The molecule has 0 heterocycles. The average molecular weight is 178 g/mol. The molecule has 0 aliphatic heterocycles. The van der Waals surface area contributed by atoms with Gasteiger partial charge in [0.05, 0.1) is 0 Å². The van der Waals surface area contributed by atoms with E-state index in [1.807, 2.05) is 42.5 Å². The summed E-state index contributed by atoms with van der Waals surface area (Å²) in [5.41, 5.74) is 1.14. The van der Waals surface area contributed by atoms with Crippen LogP contribution in [0, 0.1) is 0 Å². The number of benzene rings is 1. The fourth-order valence-electron chi connectivity index (χ4n) is 1.01. The molecule has 0 saturated carbocycles. The summed E-state index contributed by atoms with van der Waals surface area (Å²) in [4.78, 5) is 0. The number of ether oxygens (including phenoxy) is 2. The lowest BCUT2D eigenvalue weighted by Crippen LogP contribution is -2.08. The first-order chi connectivity index (χ1) is 6.36. The third kappa shape index (κ3) is 3.40. The van der Waals surface area contributed by atoms with Gasteiger partial charge < -0.3 is 9.47 Å². The van der Waals surface area contributed by atoms with Gasteiger partial charge in [-0.2, -0.15) is 0 Å². The lowest BCUT2D eigenvalue weighted by Gasteiger charge is -2.06. The molecule has 0 bridgehead atoms. The second kappa shape index (κ2) is 5.51. The maximum absolute atomic E-state index is 5.01. The summed E-state index contributed by atoms with van der Waals surface area (Å²) < 4.78 is 10.0. The van der Waals surface area contributed by atoms with E-state index in [2.05, 4.69) is 0 Å². The monoisotopic (exact) mass is 178 g/mol. The highest BCUT2D eigenvalue weighted by atomic mass is 16.7. The predicted molar refractivity (Wildman–Crippen MR) is 53.3 cm³/mol. The topological polar surface area (TPSA) is 18.5 Å². The molecule has 0 unspecified atom stereocenters. The molecule has 2 nitrogen and oxygen atoms in total. The van der Waals surface area contributed by atoms with E-state index in [1.54, 1.807) is 14.2 Å². The summed E-state index contributed by atoms with van der Waals surface area (Å²) in [6.07, 6.45) is 3.58. The Balaban J connectivity index is 2.57. The second-order valence-corrected chi connectivity index (χ2v) is 2.61. The van der Waals surface area contributed by atoms with Crippen LogP contribution in [0.5, 0.6) is 0 Å². The third-order valence-electron chi connectivity index (χ3n) is 1.71. The van der Waals surface area contributed by atoms with Gasteiger partial charge in [-0.3, -0.25) is 0 Å². The molecule has 70 valence electrons. The van der Waals surface area contributed by atoms with Gasteiger partial charge in [0, 0.05) is 14.2 Å². The first kappa shape index (κ1) is 9.96. The lowest BCUT2D eigenvalue weighted by atomic mass is 10.2. The van der Waals surface area contributed by atoms with E-state index < -0.39 is 0 Å². The molecule has 0 atom stereocenters. The zero-order valence-corrected chi connectivity index (χ0v) is 7.94. The zero-order chi connectivity index (χ0) is 9.52. The van der Waals surface area contributed by atoms with Crippen molar-refractivity contribution >= 4 is 6.08 Å². The molecule has 0 N–H and O–H groups in total. The molecule has 0 aliphatic carbocycles. The molecule has 1 rings (SSSR count). The second-order valence-electron chi connectivity index (χ2n) is 2.61. The van der Waals surface area contributed by atoms with E-state index in [-0.39, 0.29) is 6.29 Å². The van der Waals surface area contributed by atoms with Crippen molar-refractivity contribution in [2.75, 3.05) is 14.2 Å². The Kier molecular flexibility index (Phi) is 4.23. The minimum absolute atomic E-state index is 0.264. The molecule has 0 saturated heterocycles. The molecule has 0 amide bonds. The molecule has 0 aromatic heterocycles. The Hall–Kier alpha value is -1.12. The van der Waals surface area contributed by atoms with Crippen molar-refractivity contribution in [3.63, 3.8) is 0 Å². The molecule has 2 heteroatoms. The van der Waals surface area contributed by atoms with Gasteiger partial charge in [0.25, 0.3) is 0 Å². The summed E-state index contributed by atoms with van der Waals surface area (Å²) in [5.74, 6) is 0. The zero-order valence-electron chi connectivity index (χ0n) is 7.94. The molecular weight excluding hydrogens is 164 g/mol. The van der Waals surface area contributed by atoms with E-state index >= 15 is 0 Å². The molecule has 0 fully saturated rings. The fraction of sp³-hybridized carbons (Fsp3) is 0.273. The van der Waals surface area contributed by atoms with Gasteiger partial charge in [0.2, 0.25) is 0 Å². The standard InChI is InChI=1S/C11H14O2/c1-12-11(13-2)9-8-10-6-4-3-5-7-10/h3-9,11H,1-2H3. The highest BCUT2D eigenvalue weighted by molar-refractivity contribution is 5.48. The first-order valence-electron chi connectivity index (χ1n) is 4.15.